The minimum absolute atomic E-state index is 0.287. The maximum Gasteiger partial charge on any atom is 0.352 e. The van der Waals surface area contributed by atoms with Crippen LogP contribution in [0.25, 0.3) is 0 Å². The van der Waals surface area contributed by atoms with Crippen LogP contribution >= 0.6 is 33.9 Å². The Kier molecular flexibility index (Phi) is 3.26. The van der Waals surface area contributed by atoms with Crippen molar-refractivity contribution in [3.63, 3.8) is 0 Å². The topological polar surface area (TPSA) is 55.1 Å². The third kappa shape index (κ3) is 2.23. The fourth-order valence-electron chi connectivity index (χ4n) is 1.69. The van der Waals surface area contributed by atoms with E-state index in [0.29, 0.717) is 0 Å². The molecule has 17 heavy (non-hydrogen) atoms. The van der Waals surface area contributed by atoms with Crippen LogP contribution in [-0.2, 0) is 5.54 Å². The van der Waals surface area contributed by atoms with Crippen LogP contribution in [0.4, 0.5) is 0 Å². The van der Waals surface area contributed by atoms with Gasteiger partial charge in [0.1, 0.15) is 10.7 Å². The Labute approximate surface area is 116 Å². The fraction of sp³-hybridized carbons (Fsp3) is 0.273. The van der Waals surface area contributed by atoms with E-state index in [2.05, 4.69) is 27.6 Å². The number of hydrogen-bond donors (Lipinski definition) is 1. The SMILES string of the molecule is CC(C)(c1nccs1)n1cc(I)cc1C(=O)O. The zero-order valence-corrected chi connectivity index (χ0v) is 12.3. The molecule has 0 spiro atoms. The van der Waals surface area contributed by atoms with Gasteiger partial charge in [-0.1, -0.05) is 0 Å². The van der Waals surface area contributed by atoms with E-state index >= 15 is 0 Å². The summed E-state index contributed by atoms with van der Waals surface area (Å²) >= 11 is 3.64. The molecule has 90 valence electrons. The molecule has 2 heterocycles. The highest BCUT2D eigenvalue weighted by Crippen LogP contribution is 2.30. The number of thiazole rings is 1. The van der Waals surface area contributed by atoms with E-state index in [-0.39, 0.29) is 5.69 Å². The lowest BCUT2D eigenvalue weighted by atomic mass is 10.1. The van der Waals surface area contributed by atoms with Crippen LogP contribution in [0.15, 0.2) is 23.8 Å². The number of aromatic carboxylic acids is 1. The molecule has 6 heteroatoms. The van der Waals surface area contributed by atoms with E-state index in [1.807, 2.05) is 25.4 Å². The normalized spacial score (nSPS) is 11.7. The van der Waals surface area contributed by atoms with Gasteiger partial charge in [0.25, 0.3) is 0 Å². The molecular formula is C11H11IN2O2S. The van der Waals surface area contributed by atoms with Gasteiger partial charge in [-0.15, -0.1) is 11.3 Å². The van der Waals surface area contributed by atoms with Crippen molar-refractivity contribution in [3.8, 4) is 0 Å². The summed E-state index contributed by atoms with van der Waals surface area (Å²) < 4.78 is 2.67. The molecule has 2 rings (SSSR count). The van der Waals surface area contributed by atoms with Crippen molar-refractivity contribution in [1.29, 1.82) is 0 Å². The van der Waals surface area contributed by atoms with E-state index in [1.54, 1.807) is 16.8 Å². The molecule has 0 radical (unpaired) electrons. The van der Waals surface area contributed by atoms with Gasteiger partial charge in [-0.25, -0.2) is 9.78 Å². The summed E-state index contributed by atoms with van der Waals surface area (Å²) in [4.78, 5) is 15.5. The Morgan fingerprint density at radius 1 is 1.59 bits per heavy atom. The van der Waals surface area contributed by atoms with Crippen molar-refractivity contribution < 1.29 is 9.90 Å². The second-order valence-corrected chi connectivity index (χ2v) is 6.26. The van der Waals surface area contributed by atoms with Gasteiger partial charge in [-0.05, 0) is 42.5 Å². The number of carboxylic acids is 1. The Morgan fingerprint density at radius 3 is 2.82 bits per heavy atom. The highest BCUT2D eigenvalue weighted by molar-refractivity contribution is 14.1. The molecular weight excluding hydrogens is 351 g/mol. The van der Waals surface area contributed by atoms with Crippen LogP contribution in [0.2, 0.25) is 0 Å². The average molecular weight is 362 g/mol. The van der Waals surface area contributed by atoms with Crippen molar-refractivity contribution in [2.75, 3.05) is 0 Å². The molecule has 4 nitrogen and oxygen atoms in total. The van der Waals surface area contributed by atoms with Gasteiger partial charge < -0.3 is 9.67 Å². The minimum atomic E-state index is -0.919. The Hall–Kier alpha value is -0.890. The van der Waals surface area contributed by atoms with E-state index in [1.165, 1.54) is 11.3 Å². The number of nitrogens with zero attached hydrogens (tertiary/aromatic N) is 2. The molecule has 1 N–H and O–H groups in total. The maximum atomic E-state index is 11.2. The van der Waals surface area contributed by atoms with Gasteiger partial charge in [0.15, 0.2) is 0 Å². The number of halogens is 1. The first-order valence-corrected chi connectivity index (χ1v) is 6.90. The summed E-state index contributed by atoms with van der Waals surface area (Å²) in [5.41, 5.74) is -0.166. The van der Waals surface area contributed by atoms with E-state index in [9.17, 15) is 9.90 Å². The smallest absolute Gasteiger partial charge is 0.352 e. The third-order valence-electron chi connectivity index (χ3n) is 2.56. The second-order valence-electron chi connectivity index (χ2n) is 4.11. The Balaban J connectivity index is 2.57. The zero-order valence-electron chi connectivity index (χ0n) is 9.35. The lowest BCUT2D eigenvalue weighted by Gasteiger charge is -2.26. The summed E-state index contributed by atoms with van der Waals surface area (Å²) in [7, 11) is 0. The molecule has 0 bridgehead atoms. The van der Waals surface area contributed by atoms with Crippen molar-refractivity contribution in [1.82, 2.24) is 9.55 Å². The summed E-state index contributed by atoms with van der Waals surface area (Å²) in [6.07, 6.45) is 3.57. The van der Waals surface area contributed by atoms with Crippen LogP contribution in [0.1, 0.15) is 29.3 Å². The van der Waals surface area contributed by atoms with Crippen molar-refractivity contribution in [2.24, 2.45) is 0 Å². The van der Waals surface area contributed by atoms with Crippen LogP contribution in [0.5, 0.6) is 0 Å². The van der Waals surface area contributed by atoms with Gasteiger partial charge >= 0.3 is 5.97 Å². The first-order chi connectivity index (χ1) is 7.93. The summed E-state index contributed by atoms with van der Waals surface area (Å²) in [6.45, 7) is 3.93. The molecule has 0 saturated heterocycles. The highest BCUT2D eigenvalue weighted by Gasteiger charge is 2.29. The molecule has 0 aliphatic heterocycles. The molecule has 0 aliphatic carbocycles. The number of carboxylic acid groups (broad SMARTS) is 1. The van der Waals surface area contributed by atoms with Crippen LogP contribution in [0.3, 0.4) is 0 Å². The predicted molar refractivity (Wildman–Crippen MR) is 74.6 cm³/mol. The van der Waals surface area contributed by atoms with Crippen molar-refractivity contribution in [2.45, 2.75) is 19.4 Å². The van der Waals surface area contributed by atoms with Crippen molar-refractivity contribution in [3.05, 3.63) is 38.1 Å². The Bertz CT molecular complexity index is 546. The van der Waals surface area contributed by atoms with E-state index < -0.39 is 11.5 Å². The largest absolute Gasteiger partial charge is 0.477 e. The quantitative estimate of drug-likeness (QED) is 0.854. The molecule has 2 aromatic heterocycles. The first-order valence-electron chi connectivity index (χ1n) is 4.94. The maximum absolute atomic E-state index is 11.2. The number of hydrogen-bond acceptors (Lipinski definition) is 3. The number of carbonyl (C=O) groups is 1. The van der Waals surface area contributed by atoms with Gasteiger partial charge in [0.05, 0.1) is 5.54 Å². The van der Waals surface area contributed by atoms with Crippen LogP contribution in [-0.4, -0.2) is 20.6 Å². The lowest BCUT2D eigenvalue weighted by molar-refractivity contribution is 0.0680. The van der Waals surface area contributed by atoms with Gasteiger partial charge in [-0.3, -0.25) is 0 Å². The third-order valence-corrected chi connectivity index (χ3v) is 4.24. The Morgan fingerprint density at radius 2 is 2.29 bits per heavy atom. The van der Waals surface area contributed by atoms with Crippen LogP contribution < -0.4 is 0 Å². The lowest BCUT2D eigenvalue weighted by Crippen LogP contribution is -2.29. The standard InChI is InChI=1S/C11H11IN2O2S/c1-11(2,10-13-3-4-17-10)14-6-7(12)5-8(14)9(15)16/h3-6H,1-2H3,(H,15,16). The molecule has 0 atom stereocenters. The van der Waals surface area contributed by atoms with Gasteiger partial charge in [-0.2, -0.15) is 0 Å². The van der Waals surface area contributed by atoms with E-state index in [4.69, 9.17) is 0 Å². The summed E-state index contributed by atoms with van der Waals surface area (Å²) in [6, 6.07) is 1.66. The van der Waals surface area contributed by atoms with Gasteiger partial charge in [0, 0.05) is 21.3 Å². The fourth-order valence-corrected chi connectivity index (χ4v) is 3.02. The average Bonchev–Trinajstić information content (AvgIpc) is 2.84. The van der Waals surface area contributed by atoms with Crippen LogP contribution in [0, 0.1) is 3.57 Å². The monoisotopic (exact) mass is 362 g/mol. The molecule has 0 amide bonds. The first kappa shape index (κ1) is 12.6. The molecule has 0 aliphatic rings. The predicted octanol–water partition coefficient (Wildman–Crippen LogP) is 3.03. The number of aromatic nitrogens is 2. The summed E-state index contributed by atoms with van der Waals surface area (Å²) in [5, 5.41) is 12.0. The molecule has 0 aromatic carbocycles. The van der Waals surface area contributed by atoms with Gasteiger partial charge in [0.2, 0.25) is 0 Å². The van der Waals surface area contributed by atoms with E-state index in [0.717, 1.165) is 8.58 Å². The number of rotatable bonds is 3. The molecule has 0 fully saturated rings. The summed E-state index contributed by atoms with van der Waals surface area (Å²) in [5.74, 6) is -0.919. The second kappa shape index (κ2) is 4.41. The molecule has 0 unspecified atom stereocenters. The van der Waals surface area contributed by atoms with Crippen molar-refractivity contribution >= 4 is 39.9 Å². The molecule has 2 aromatic rings. The highest BCUT2D eigenvalue weighted by atomic mass is 127. The minimum Gasteiger partial charge on any atom is -0.477 e. The zero-order chi connectivity index (χ0) is 12.6. The molecule has 0 saturated carbocycles.